The zero-order valence-corrected chi connectivity index (χ0v) is 8.11. The Balaban J connectivity index is 2.53. The first-order valence-electron chi connectivity index (χ1n) is 4.27. The Morgan fingerprint density at radius 3 is 2.73 bits per heavy atom. The minimum atomic E-state index is -2.41. The van der Waals surface area contributed by atoms with Gasteiger partial charge in [-0.3, -0.25) is 4.90 Å². The van der Waals surface area contributed by atoms with Gasteiger partial charge in [0.05, 0.1) is 13.1 Å². The first-order valence-corrected chi connectivity index (χ1v) is 4.27. The summed E-state index contributed by atoms with van der Waals surface area (Å²) in [6.07, 6.45) is -2.41. The average molecular weight is 219 g/mol. The van der Waals surface area contributed by atoms with Crippen LogP contribution in [-0.4, -0.2) is 36.0 Å². The topological polar surface area (TPSA) is 53.7 Å². The summed E-state index contributed by atoms with van der Waals surface area (Å²) in [5.41, 5.74) is 0. The number of halogens is 2. The first-order chi connectivity index (χ1) is 6.99. The molecule has 0 radical (unpaired) electrons. The first kappa shape index (κ1) is 11.6. The van der Waals surface area contributed by atoms with Crippen LogP contribution in [0.25, 0.3) is 0 Å². The molecule has 0 aromatic carbocycles. The van der Waals surface area contributed by atoms with Crippen LogP contribution < -0.4 is 0 Å². The summed E-state index contributed by atoms with van der Waals surface area (Å²) >= 11 is 0. The van der Waals surface area contributed by atoms with Gasteiger partial charge >= 0.3 is 5.97 Å². The van der Waals surface area contributed by atoms with Crippen molar-refractivity contribution in [3.05, 3.63) is 23.7 Å². The highest BCUT2D eigenvalue weighted by Gasteiger charge is 2.12. The molecule has 1 heterocycles. The lowest BCUT2D eigenvalue weighted by Gasteiger charge is -2.13. The number of furan rings is 1. The Kier molecular flexibility index (Phi) is 3.79. The van der Waals surface area contributed by atoms with Gasteiger partial charge in [0.15, 0.2) is 0 Å². The molecule has 0 aliphatic carbocycles. The molecule has 0 atom stereocenters. The standard InChI is InChI=1S/C9H11F2NO3/c1-12(5-8(10)11)4-6-2-3-7(15-6)9(13)14/h2-3,8H,4-5H2,1H3,(H,13,14). The van der Waals surface area contributed by atoms with Gasteiger partial charge in [0, 0.05) is 0 Å². The van der Waals surface area contributed by atoms with Gasteiger partial charge < -0.3 is 9.52 Å². The number of aromatic carboxylic acids is 1. The fourth-order valence-corrected chi connectivity index (χ4v) is 1.14. The van der Waals surface area contributed by atoms with Gasteiger partial charge in [0.25, 0.3) is 6.43 Å². The third kappa shape index (κ3) is 3.67. The Labute approximate surface area is 85.1 Å². The molecule has 0 aliphatic heterocycles. The number of rotatable bonds is 5. The summed E-state index contributed by atoms with van der Waals surface area (Å²) in [5, 5.41) is 8.55. The van der Waals surface area contributed by atoms with Crippen LogP contribution in [0.3, 0.4) is 0 Å². The van der Waals surface area contributed by atoms with Crippen molar-refractivity contribution in [1.29, 1.82) is 0 Å². The van der Waals surface area contributed by atoms with Gasteiger partial charge in [-0.15, -0.1) is 0 Å². The molecule has 0 spiro atoms. The van der Waals surface area contributed by atoms with E-state index in [-0.39, 0.29) is 18.8 Å². The van der Waals surface area contributed by atoms with Crippen molar-refractivity contribution in [3.63, 3.8) is 0 Å². The van der Waals surface area contributed by atoms with Gasteiger partial charge in [-0.1, -0.05) is 0 Å². The van der Waals surface area contributed by atoms with Crippen molar-refractivity contribution in [2.45, 2.75) is 13.0 Å². The largest absolute Gasteiger partial charge is 0.475 e. The minimum Gasteiger partial charge on any atom is -0.475 e. The van der Waals surface area contributed by atoms with E-state index in [1.807, 2.05) is 0 Å². The van der Waals surface area contributed by atoms with Crippen LogP contribution in [0.4, 0.5) is 8.78 Å². The van der Waals surface area contributed by atoms with E-state index < -0.39 is 12.4 Å². The number of carboxylic acid groups (broad SMARTS) is 1. The number of carboxylic acids is 1. The third-order valence-electron chi connectivity index (χ3n) is 1.75. The van der Waals surface area contributed by atoms with Crippen LogP contribution in [-0.2, 0) is 6.54 Å². The molecule has 15 heavy (non-hydrogen) atoms. The number of nitrogens with zero attached hydrogens (tertiary/aromatic N) is 1. The summed E-state index contributed by atoms with van der Waals surface area (Å²) in [6, 6.07) is 2.76. The molecule has 0 bridgehead atoms. The third-order valence-corrected chi connectivity index (χ3v) is 1.75. The van der Waals surface area contributed by atoms with Gasteiger partial charge in [0.1, 0.15) is 5.76 Å². The summed E-state index contributed by atoms with van der Waals surface area (Å²) in [4.78, 5) is 11.8. The monoisotopic (exact) mass is 219 g/mol. The van der Waals surface area contributed by atoms with E-state index in [2.05, 4.69) is 0 Å². The van der Waals surface area contributed by atoms with Gasteiger partial charge in [-0.2, -0.15) is 0 Å². The molecule has 0 saturated heterocycles. The maximum atomic E-state index is 12.0. The second-order valence-electron chi connectivity index (χ2n) is 3.16. The summed E-state index contributed by atoms with van der Waals surface area (Å²) in [6.45, 7) is -0.208. The van der Waals surface area contributed by atoms with Crippen molar-refractivity contribution in [3.8, 4) is 0 Å². The minimum absolute atomic E-state index is 0.164. The Morgan fingerprint density at radius 1 is 1.60 bits per heavy atom. The normalized spacial score (nSPS) is 11.3. The summed E-state index contributed by atoms with van der Waals surface area (Å²) in [7, 11) is 1.51. The fourth-order valence-electron chi connectivity index (χ4n) is 1.14. The number of carbonyl (C=O) groups is 1. The molecule has 6 heteroatoms. The molecule has 0 aliphatic rings. The smallest absolute Gasteiger partial charge is 0.371 e. The molecular formula is C9H11F2NO3. The Morgan fingerprint density at radius 2 is 2.27 bits per heavy atom. The second-order valence-corrected chi connectivity index (χ2v) is 3.16. The zero-order chi connectivity index (χ0) is 11.4. The van der Waals surface area contributed by atoms with E-state index in [4.69, 9.17) is 9.52 Å². The Hall–Kier alpha value is -1.43. The lowest BCUT2D eigenvalue weighted by molar-refractivity contribution is 0.0653. The van der Waals surface area contributed by atoms with Crippen molar-refractivity contribution in [2.24, 2.45) is 0 Å². The van der Waals surface area contributed by atoms with Gasteiger partial charge in [-0.25, -0.2) is 13.6 Å². The van der Waals surface area contributed by atoms with E-state index >= 15 is 0 Å². The van der Waals surface area contributed by atoms with Crippen molar-refractivity contribution >= 4 is 5.97 Å². The Bertz CT molecular complexity index is 338. The maximum Gasteiger partial charge on any atom is 0.371 e. The average Bonchev–Trinajstić information content (AvgIpc) is 2.50. The highest BCUT2D eigenvalue weighted by Crippen LogP contribution is 2.10. The van der Waals surface area contributed by atoms with Crippen molar-refractivity contribution in [2.75, 3.05) is 13.6 Å². The van der Waals surface area contributed by atoms with E-state index in [0.717, 1.165) is 0 Å². The van der Waals surface area contributed by atoms with Crippen LogP contribution in [0.5, 0.6) is 0 Å². The van der Waals surface area contributed by atoms with Crippen molar-refractivity contribution in [1.82, 2.24) is 4.90 Å². The predicted octanol–water partition coefficient (Wildman–Crippen LogP) is 1.67. The molecule has 0 amide bonds. The van der Waals surface area contributed by atoms with Crippen LogP contribution in [0.1, 0.15) is 16.3 Å². The lowest BCUT2D eigenvalue weighted by atomic mass is 10.4. The van der Waals surface area contributed by atoms with Crippen LogP contribution in [0.2, 0.25) is 0 Å². The van der Waals surface area contributed by atoms with E-state index in [1.165, 1.54) is 24.1 Å². The van der Waals surface area contributed by atoms with Crippen LogP contribution >= 0.6 is 0 Å². The summed E-state index contributed by atoms with van der Waals surface area (Å²) < 4.78 is 28.8. The lowest BCUT2D eigenvalue weighted by Crippen LogP contribution is -2.23. The molecule has 84 valence electrons. The van der Waals surface area contributed by atoms with E-state index in [0.29, 0.717) is 5.76 Å². The van der Waals surface area contributed by atoms with Crippen LogP contribution in [0, 0.1) is 0 Å². The van der Waals surface area contributed by atoms with Gasteiger partial charge in [-0.05, 0) is 19.2 Å². The molecule has 0 fully saturated rings. The van der Waals surface area contributed by atoms with E-state index in [9.17, 15) is 13.6 Å². The molecule has 0 saturated carbocycles. The molecule has 4 nitrogen and oxygen atoms in total. The second kappa shape index (κ2) is 4.88. The number of hydrogen-bond donors (Lipinski definition) is 1. The quantitative estimate of drug-likeness (QED) is 0.818. The van der Waals surface area contributed by atoms with Crippen LogP contribution in [0.15, 0.2) is 16.5 Å². The molecule has 1 rings (SSSR count). The fraction of sp³-hybridized carbons (Fsp3) is 0.444. The molecule has 0 unspecified atom stereocenters. The SMILES string of the molecule is CN(Cc1ccc(C(=O)O)o1)CC(F)F. The molecule has 1 aromatic rings. The zero-order valence-electron chi connectivity index (χ0n) is 8.11. The highest BCUT2D eigenvalue weighted by atomic mass is 19.3. The predicted molar refractivity (Wildman–Crippen MR) is 48.0 cm³/mol. The van der Waals surface area contributed by atoms with Crippen molar-refractivity contribution < 1.29 is 23.1 Å². The molecular weight excluding hydrogens is 208 g/mol. The highest BCUT2D eigenvalue weighted by molar-refractivity contribution is 5.84. The number of hydrogen-bond acceptors (Lipinski definition) is 3. The summed E-state index contributed by atoms with van der Waals surface area (Å²) in [5.74, 6) is -0.997. The number of alkyl halides is 2. The molecule has 1 aromatic heterocycles. The molecule has 1 N–H and O–H groups in total. The van der Waals surface area contributed by atoms with Gasteiger partial charge in [0.2, 0.25) is 5.76 Å². The van der Waals surface area contributed by atoms with E-state index in [1.54, 1.807) is 0 Å². The maximum absolute atomic E-state index is 12.0.